The van der Waals surface area contributed by atoms with Crippen molar-refractivity contribution < 1.29 is 4.79 Å². The summed E-state index contributed by atoms with van der Waals surface area (Å²) in [5.74, 6) is 1.65. The Balaban J connectivity index is 1.56. The highest BCUT2D eigenvalue weighted by Crippen LogP contribution is 2.26. The van der Waals surface area contributed by atoms with Crippen molar-refractivity contribution in [2.75, 3.05) is 13.1 Å². The van der Waals surface area contributed by atoms with Gasteiger partial charge in [0, 0.05) is 30.9 Å². The third-order valence-corrected chi connectivity index (χ3v) is 5.02. The number of carbonyl (C=O) groups excluding carboxylic acids is 1. The van der Waals surface area contributed by atoms with Gasteiger partial charge in [-0.3, -0.25) is 4.79 Å². The smallest absolute Gasteiger partial charge is 0.228 e. The van der Waals surface area contributed by atoms with E-state index in [1.165, 1.54) is 0 Å². The minimum Gasteiger partial charge on any atom is -0.342 e. The van der Waals surface area contributed by atoms with Crippen molar-refractivity contribution in [3.8, 4) is 0 Å². The van der Waals surface area contributed by atoms with Crippen LogP contribution in [0.5, 0.6) is 0 Å². The monoisotopic (exact) mass is 319 g/mol. The van der Waals surface area contributed by atoms with E-state index in [1.54, 1.807) is 17.7 Å². The largest absolute Gasteiger partial charge is 0.342 e. The Morgan fingerprint density at radius 2 is 2.18 bits per heavy atom. The van der Waals surface area contributed by atoms with Crippen LogP contribution in [0.1, 0.15) is 42.2 Å². The molecular weight excluding hydrogens is 298 g/mol. The third kappa shape index (κ3) is 3.19. The van der Waals surface area contributed by atoms with Crippen molar-refractivity contribution in [2.45, 2.75) is 45.6 Å². The summed E-state index contributed by atoms with van der Waals surface area (Å²) >= 11 is 1.60. The van der Waals surface area contributed by atoms with E-state index in [1.807, 2.05) is 17.2 Å². The molecule has 0 saturated carbocycles. The molecule has 2 aromatic heterocycles. The molecule has 0 spiro atoms. The molecule has 1 saturated heterocycles. The number of thiazole rings is 1. The van der Waals surface area contributed by atoms with Crippen LogP contribution in [0.25, 0.3) is 0 Å². The van der Waals surface area contributed by atoms with Crippen molar-refractivity contribution in [3.05, 3.63) is 28.2 Å². The maximum Gasteiger partial charge on any atom is 0.228 e. The van der Waals surface area contributed by atoms with Gasteiger partial charge in [-0.1, -0.05) is 0 Å². The van der Waals surface area contributed by atoms with Crippen LogP contribution in [0.4, 0.5) is 0 Å². The molecule has 0 aliphatic carbocycles. The average Bonchev–Trinajstić information content (AvgIpc) is 3.16. The van der Waals surface area contributed by atoms with E-state index in [2.05, 4.69) is 26.7 Å². The Bertz CT molecular complexity index is 642. The fourth-order valence-electron chi connectivity index (χ4n) is 2.97. The summed E-state index contributed by atoms with van der Waals surface area (Å²) < 4.78 is 2.10. The molecule has 0 N–H and O–H groups in total. The van der Waals surface area contributed by atoms with E-state index in [-0.39, 0.29) is 5.91 Å². The van der Waals surface area contributed by atoms with Gasteiger partial charge >= 0.3 is 0 Å². The molecule has 0 atom stereocenters. The van der Waals surface area contributed by atoms with E-state index >= 15 is 0 Å². The Labute approximate surface area is 134 Å². The molecule has 1 amide bonds. The Hall–Kier alpha value is -1.76. The first-order valence-corrected chi connectivity index (χ1v) is 8.61. The molecule has 3 rings (SSSR count). The van der Waals surface area contributed by atoms with Gasteiger partial charge in [0.15, 0.2) is 0 Å². The van der Waals surface area contributed by atoms with E-state index in [0.29, 0.717) is 12.3 Å². The number of aromatic nitrogens is 4. The quantitative estimate of drug-likeness (QED) is 0.865. The van der Waals surface area contributed by atoms with Crippen molar-refractivity contribution in [2.24, 2.45) is 0 Å². The number of rotatable bonds is 4. The molecule has 0 radical (unpaired) electrons. The van der Waals surface area contributed by atoms with Crippen molar-refractivity contribution in [1.82, 2.24) is 24.6 Å². The molecule has 1 aliphatic rings. The lowest BCUT2D eigenvalue weighted by atomic mass is 9.95. The second-order valence-corrected chi connectivity index (χ2v) is 6.73. The molecule has 3 heterocycles. The second-order valence-electron chi connectivity index (χ2n) is 5.66. The van der Waals surface area contributed by atoms with Crippen LogP contribution in [0.3, 0.4) is 0 Å². The molecule has 22 heavy (non-hydrogen) atoms. The number of hydrogen-bond acceptors (Lipinski definition) is 5. The number of carbonyl (C=O) groups is 1. The summed E-state index contributed by atoms with van der Waals surface area (Å²) in [6.45, 7) is 6.55. The van der Waals surface area contributed by atoms with Crippen LogP contribution in [0.2, 0.25) is 0 Å². The molecule has 2 aromatic rings. The highest BCUT2D eigenvalue weighted by Gasteiger charge is 2.26. The summed E-state index contributed by atoms with van der Waals surface area (Å²) in [6.07, 6.45) is 4.12. The first kappa shape index (κ1) is 15.1. The number of hydrogen-bond donors (Lipinski definition) is 0. The molecule has 1 aliphatic heterocycles. The first-order chi connectivity index (χ1) is 10.7. The van der Waals surface area contributed by atoms with Crippen LogP contribution in [-0.4, -0.2) is 43.6 Å². The summed E-state index contributed by atoms with van der Waals surface area (Å²) in [6, 6.07) is 0. The predicted molar refractivity (Wildman–Crippen MR) is 84.8 cm³/mol. The minimum atomic E-state index is 0.181. The first-order valence-electron chi connectivity index (χ1n) is 7.74. The van der Waals surface area contributed by atoms with E-state index in [9.17, 15) is 4.79 Å². The van der Waals surface area contributed by atoms with Crippen molar-refractivity contribution >= 4 is 17.2 Å². The van der Waals surface area contributed by atoms with Crippen LogP contribution >= 0.6 is 11.3 Å². The third-order valence-electron chi connectivity index (χ3n) is 4.20. The maximum atomic E-state index is 12.4. The number of aryl methyl sites for hydroxylation is 2. The van der Waals surface area contributed by atoms with Gasteiger partial charge < -0.3 is 9.47 Å². The fourth-order valence-corrected chi connectivity index (χ4v) is 3.58. The van der Waals surface area contributed by atoms with Crippen molar-refractivity contribution in [1.29, 1.82) is 0 Å². The molecule has 1 fully saturated rings. The Morgan fingerprint density at radius 3 is 2.82 bits per heavy atom. The molecule has 0 aromatic carbocycles. The molecule has 6 nitrogen and oxygen atoms in total. The van der Waals surface area contributed by atoms with Gasteiger partial charge in [-0.2, -0.15) is 0 Å². The molecule has 7 heteroatoms. The lowest BCUT2D eigenvalue weighted by Crippen LogP contribution is -2.39. The topological polar surface area (TPSA) is 63.9 Å². The fraction of sp³-hybridized carbons (Fsp3) is 0.600. The standard InChI is InChI=1S/C15H21N5OS/c1-3-19-10-16-18-15(19)12-4-6-20(7-5-12)14(21)8-13-9-22-11(2)17-13/h9-10,12H,3-8H2,1-2H3. The zero-order valence-corrected chi connectivity index (χ0v) is 13.8. The minimum absolute atomic E-state index is 0.181. The van der Waals surface area contributed by atoms with Gasteiger partial charge in [0.2, 0.25) is 5.91 Å². The number of amides is 1. The van der Waals surface area contributed by atoms with Crippen LogP contribution in [0, 0.1) is 6.92 Å². The molecule has 0 bridgehead atoms. The van der Waals surface area contributed by atoms with Gasteiger partial charge in [0.25, 0.3) is 0 Å². The van der Waals surface area contributed by atoms with Gasteiger partial charge in [-0.25, -0.2) is 4.98 Å². The maximum absolute atomic E-state index is 12.4. The second kappa shape index (κ2) is 6.56. The summed E-state index contributed by atoms with van der Waals surface area (Å²) in [5.41, 5.74) is 0.889. The number of likely N-dealkylation sites (tertiary alicyclic amines) is 1. The SMILES string of the molecule is CCn1cnnc1C1CCN(C(=O)Cc2csc(C)n2)CC1. The Kier molecular flexibility index (Phi) is 4.52. The van der Waals surface area contributed by atoms with Gasteiger partial charge in [0.05, 0.1) is 17.1 Å². The highest BCUT2D eigenvalue weighted by molar-refractivity contribution is 7.09. The zero-order valence-electron chi connectivity index (χ0n) is 13.0. The Morgan fingerprint density at radius 1 is 1.41 bits per heavy atom. The predicted octanol–water partition coefficient (Wildman–Crippen LogP) is 2.01. The van der Waals surface area contributed by atoms with Gasteiger partial charge in [-0.15, -0.1) is 21.5 Å². The lowest BCUT2D eigenvalue weighted by molar-refractivity contribution is -0.131. The normalized spacial score (nSPS) is 16.2. The molecule has 118 valence electrons. The van der Waals surface area contributed by atoms with Gasteiger partial charge in [-0.05, 0) is 26.7 Å². The van der Waals surface area contributed by atoms with Crippen LogP contribution in [0.15, 0.2) is 11.7 Å². The average molecular weight is 319 g/mol. The summed E-state index contributed by atoms with van der Waals surface area (Å²) in [7, 11) is 0. The molecular formula is C15H21N5OS. The summed E-state index contributed by atoms with van der Waals surface area (Å²) in [5, 5.41) is 11.2. The van der Waals surface area contributed by atoms with Gasteiger partial charge in [0.1, 0.15) is 12.2 Å². The van der Waals surface area contributed by atoms with E-state index < -0.39 is 0 Å². The highest BCUT2D eigenvalue weighted by atomic mass is 32.1. The number of piperidine rings is 1. The zero-order chi connectivity index (χ0) is 15.5. The van der Waals surface area contributed by atoms with E-state index in [0.717, 1.165) is 49.0 Å². The van der Waals surface area contributed by atoms with Crippen molar-refractivity contribution in [3.63, 3.8) is 0 Å². The van der Waals surface area contributed by atoms with Crippen LogP contribution < -0.4 is 0 Å². The lowest BCUT2D eigenvalue weighted by Gasteiger charge is -2.31. The summed E-state index contributed by atoms with van der Waals surface area (Å²) in [4.78, 5) is 18.7. The molecule has 0 unspecified atom stereocenters. The number of nitrogens with zero attached hydrogens (tertiary/aromatic N) is 5. The van der Waals surface area contributed by atoms with E-state index in [4.69, 9.17) is 0 Å². The van der Waals surface area contributed by atoms with Crippen LogP contribution in [-0.2, 0) is 17.8 Å².